The van der Waals surface area contributed by atoms with Crippen LogP contribution in [0.5, 0.6) is 0 Å². The first-order chi connectivity index (χ1) is 13.8. The first-order valence-corrected chi connectivity index (χ1v) is 9.21. The lowest BCUT2D eigenvalue weighted by Crippen LogP contribution is -2.45. The molecule has 3 N–H and O–H groups in total. The molecular formula is C19H24N4O6. The Morgan fingerprint density at radius 1 is 1.14 bits per heavy atom. The number of ether oxygens (including phenoxy) is 1. The Morgan fingerprint density at radius 2 is 1.83 bits per heavy atom. The SMILES string of the molecule is CCCC[C@]1(C)NC(=O)N(CC(=O)OCC(=O)NNC(=O)c2ccccc2)C1=O. The summed E-state index contributed by atoms with van der Waals surface area (Å²) in [7, 11) is 0. The van der Waals surface area contributed by atoms with Crippen LogP contribution < -0.4 is 16.2 Å². The summed E-state index contributed by atoms with van der Waals surface area (Å²) in [5, 5.41) is 2.59. The second-order valence-electron chi connectivity index (χ2n) is 6.79. The molecule has 1 heterocycles. The van der Waals surface area contributed by atoms with Gasteiger partial charge in [-0.2, -0.15) is 0 Å². The van der Waals surface area contributed by atoms with Crippen LogP contribution in [0.25, 0.3) is 0 Å². The minimum Gasteiger partial charge on any atom is -0.454 e. The molecule has 1 aliphatic rings. The van der Waals surface area contributed by atoms with Gasteiger partial charge in [0.25, 0.3) is 17.7 Å². The quantitative estimate of drug-likeness (QED) is 0.328. The van der Waals surface area contributed by atoms with Gasteiger partial charge in [0.1, 0.15) is 12.1 Å². The summed E-state index contributed by atoms with van der Waals surface area (Å²) in [6.45, 7) is 2.30. The van der Waals surface area contributed by atoms with Gasteiger partial charge in [-0.05, 0) is 25.5 Å². The van der Waals surface area contributed by atoms with Crippen LogP contribution in [0.4, 0.5) is 4.79 Å². The number of imide groups is 1. The molecule has 1 aliphatic heterocycles. The summed E-state index contributed by atoms with van der Waals surface area (Å²) in [6.07, 6.45) is 2.07. The van der Waals surface area contributed by atoms with Crippen LogP contribution in [-0.4, -0.2) is 53.3 Å². The highest BCUT2D eigenvalue weighted by Gasteiger charge is 2.47. The largest absolute Gasteiger partial charge is 0.454 e. The number of nitrogens with zero attached hydrogens (tertiary/aromatic N) is 1. The molecule has 2 rings (SSSR count). The van der Waals surface area contributed by atoms with Gasteiger partial charge in [0, 0.05) is 5.56 Å². The van der Waals surface area contributed by atoms with Crippen molar-refractivity contribution < 1.29 is 28.7 Å². The first kappa shape index (κ1) is 21.9. The van der Waals surface area contributed by atoms with E-state index in [4.69, 9.17) is 4.74 Å². The smallest absolute Gasteiger partial charge is 0.326 e. The number of carbonyl (C=O) groups excluding carboxylic acids is 5. The molecule has 1 atom stereocenters. The Balaban J connectivity index is 1.76. The number of unbranched alkanes of at least 4 members (excludes halogenated alkanes) is 1. The fourth-order valence-corrected chi connectivity index (χ4v) is 2.74. The molecule has 29 heavy (non-hydrogen) atoms. The molecule has 0 radical (unpaired) electrons. The number of carbonyl (C=O) groups is 5. The van der Waals surface area contributed by atoms with E-state index >= 15 is 0 Å². The maximum absolute atomic E-state index is 12.4. The van der Waals surface area contributed by atoms with Crippen LogP contribution in [0.3, 0.4) is 0 Å². The number of hydrogen-bond donors (Lipinski definition) is 3. The van der Waals surface area contributed by atoms with Crippen LogP contribution in [0.1, 0.15) is 43.5 Å². The highest BCUT2D eigenvalue weighted by Crippen LogP contribution is 2.23. The number of amides is 5. The number of benzene rings is 1. The van der Waals surface area contributed by atoms with E-state index < -0.39 is 48.4 Å². The molecule has 1 aromatic carbocycles. The van der Waals surface area contributed by atoms with E-state index in [0.717, 1.165) is 17.7 Å². The average Bonchev–Trinajstić information content (AvgIpc) is 2.92. The molecule has 0 bridgehead atoms. The lowest BCUT2D eigenvalue weighted by molar-refractivity contribution is -0.151. The zero-order valence-electron chi connectivity index (χ0n) is 16.3. The van der Waals surface area contributed by atoms with Crippen molar-refractivity contribution in [3.05, 3.63) is 35.9 Å². The molecule has 1 fully saturated rings. The fraction of sp³-hybridized carbons (Fsp3) is 0.421. The molecule has 0 aliphatic carbocycles. The molecule has 10 heteroatoms. The minimum absolute atomic E-state index is 0.342. The zero-order valence-corrected chi connectivity index (χ0v) is 16.3. The van der Waals surface area contributed by atoms with Crippen molar-refractivity contribution in [1.82, 2.24) is 21.1 Å². The highest BCUT2D eigenvalue weighted by molar-refractivity contribution is 6.08. The molecule has 0 saturated carbocycles. The van der Waals surface area contributed by atoms with Crippen LogP contribution >= 0.6 is 0 Å². The molecule has 1 saturated heterocycles. The Kier molecular flexibility index (Phi) is 7.29. The molecule has 5 amide bonds. The molecular weight excluding hydrogens is 380 g/mol. The van der Waals surface area contributed by atoms with Crippen molar-refractivity contribution in [1.29, 1.82) is 0 Å². The van der Waals surface area contributed by atoms with E-state index in [0.29, 0.717) is 12.0 Å². The van der Waals surface area contributed by atoms with Gasteiger partial charge in [0.15, 0.2) is 6.61 Å². The van der Waals surface area contributed by atoms with Gasteiger partial charge < -0.3 is 10.1 Å². The maximum Gasteiger partial charge on any atom is 0.326 e. The van der Waals surface area contributed by atoms with Gasteiger partial charge in [-0.15, -0.1) is 0 Å². The third-order valence-electron chi connectivity index (χ3n) is 4.38. The van der Waals surface area contributed by atoms with E-state index in [1.54, 1.807) is 37.3 Å². The summed E-state index contributed by atoms with van der Waals surface area (Å²) in [4.78, 5) is 60.6. The standard InChI is InChI=1S/C19H24N4O6/c1-3-4-10-19(2)17(27)23(18(28)20-19)11-15(25)29-12-14(24)21-22-16(26)13-8-6-5-7-9-13/h5-9H,3-4,10-12H2,1-2H3,(H,20,28)(H,21,24)(H,22,26)/t19-/m0/s1. The van der Waals surface area contributed by atoms with Crippen molar-refractivity contribution in [3.8, 4) is 0 Å². The molecule has 10 nitrogen and oxygen atoms in total. The van der Waals surface area contributed by atoms with Crippen LogP contribution in [0.15, 0.2) is 30.3 Å². The summed E-state index contributed by atoms with van der Waals surface area (Å²) in [5.41, 5.74) is 3.58. The molecule has 0 spiro atoms. The van der Waals surface area contributed by atoms with Crippen LogP contribution in [-0.2, 0) is 19.1 Å². The predicted molar refractivity (Wildman–Crippen MR) is 101 cm³/mol. The topological polar surface area (TPSA) is 134 Å². The molecule has 1 aromatic rings. The van der Waals surface area contributed by atoms with Crippen molar-refractivity contribution in [2.75, 3.05) is 13.2 Å². The number of hydrazine groups is 1. The van der Waals surface area contributed by atoms with E-state index in [1.807, 2.05) is 6.92 Å². The third kappa shape index (κ3) is 5.77. The number of urea groups is 1. The summed E-state index contributed by atoms with van der Waals surface area (Å²) >= 11 is 0. The predicted octanol–water partition coefficient (Wildman–Crippen LogP) is 0.492. The van der Waals surface area contributed by atoms with E-state index in [-0.39, 0.29) is 0 Å². The summed E-state index contributed by atoms with van der Waals surface area (Å²) < 4.78 is 4.77. The summed E-state index contributed by atoms with van der Waals surface area (Å²) in [5.74, 6) is -2.73. The number of nitrogens with one attached hydrogen (secondary N) is 3. The Morgan fingerprint density at radius 3 is 2.48 bits per heavy atom. The first-order valence-electron chi connectivity index (χ1n) is 9.21. The van der Waals surface area contributed by atoms with Crippen LogP contribution in [0, 0.1) is 0 Å². The van der Waals surface area contributed by atoms with Gasteiger partial charge in [0.05, 0.1) is 0 Å². The lowest BCUT2D eigenvalue weighted by Gasteiger charge is -2.21. The van der Waals surface area contributed by atoms with Gasteiger partial charge in [-0.3, -0.25) is 34.9 Å². The Labute approximate surface area is 167 Å². The van der Waals surface area contributed by atoms with Gasteiger partial charge in [0.2, 0.25) is 0 Å². The highest BCUT2D eigenvalue weighted by atomic mass is 16.5. The average molecular weight is 404 g/mol. The summed E-state index contributed by atoms with van der Waals surface area (Å²) in [6, 6.07) is 7.53. The maximum atomic E-state index is 12.4. The monoisotopic (exact) mass is 404 g/mol. The van der Waals surface area contributed by atoms with Gasteiger partial charge >= 0.3 is 12.0 Å². The molecule has 156 valence electrons. The van der Waals surface area contributed by atoms with Gasteiger partial charge in [-0.25, -0.2) is 4.79 Å². The van der Waals surface area contributed by atoms with Crippen LogP contribution in [0.2, 0.25) is 0 Å². The second kappa shape index (κ2) is 9.67. The normalized spacial score (nSPS) is 18.2. The number of esters is 1. The van der Waals surface area contributed by atoms with Crippen molar-refractivity contribution in [2.45, 2.75) is 38.6 Å². The number of hydrogen-bond acceptors (Lipinski definition) is 6. The minimum atomic E-state index is -1.05. The molecule has 0 aromatic heterocycles. The van der Waals surface area contributed by atoms with Crippen molar-refractivity contribution in [3.63, 3.8) is 0 Å². The Hall–Kier alpha value is -3.43. The van der Waals surface area contributed by atoms with Crippen molar-refractivity contribution >= 4 is 29.7 Å². The van der Waals surface area contributed by atoms with E-state index in [1.165, 1.54) is 0 Å². The van der Waals surface area contributed by atoms with E-state index in [9.17, 15) is 24.0 Å². The third-order valence-corrected chi connectivity index (χ3v) is 4.38. The Bertz CT molecular complexity index is 797. The second-order valence-corrected chi connectivity index (χ2v) is 6.79. The zero-order chi connectivity index (χ0) is 21.4. The van der Waals surface area contributed by atoms with E-state index in [2.05, 4.69) is 16.2 Å². The van der Waals surface area contributed by atoms with Crippen molar-refractivity contribution in [2.24, 2.45) is 0 Å². The van der Waals surface area contributed by atoms with Gasteiger partial charge in [-0.1, -0.05) is 38.0 Å². The number of rotatable bonds is 8. The molecule has 0 unspecified atom stereocenters. The fourth-order valence-electron chi connectivity index (χ4n) is 2.74. The lowest BCUT2D eigenvalue weighted by atomic mass is 9.95.